The highest BCUT2D eigenvalue weighted by molar-refractivity contribution is 5.79. The van der Waals surface area contributed by atoms with Crippen LogP contribution in [0.5, 0.6) is 0 Å². The number of aliphatic hydroxyl groups excluding tert-OH is 1. The smallest absolute Gasteiger partial charge is 0.225 e. The number of nitrogens with zero attached hydrogens (tertiary/aromatic N) is 2. The standard InChI is InChI=1S/C18H24F2N2O2/c19-14-5-6-16(20)15(11-14)17(23)12-21-7-9-22(10-8-21)18(24)13-3-1-2-4-13/h5-6,11,13,17,23H,1-4,7-10,12H2/t17-/m0/s1. The van der Waals surface area contributed by atoms with E-state index in [1.165, 1.54) is 0 Å². The second-order valence-electron chi connectivity index (χ2n) is 6.79. The maximum absolute atomic E-state index is 13.7. The van der Waals surface area contributed by atoms with Crippen molar-refractivity contribution in [3.8, 4) is 0 Å². The van der Waals surface area contributed by atoms with E-state index in [-0.39, 0.29) is 23.9 Å². The van der Waals surface area contributed by atoms with Crippen LogP contribution >= 0.6 is 0 Å². The minimum absolute atomic E-state index is 0.0144. The molecule has 24 heavy (non-hydrogen) atoms. The molecule has 0 radical (unpaired) electrons. The third-order valence-corrected chi connectivity index (χ3v) is 5.14. The second-order valence-corrected chi connectivity index (χ2v) is 6.79. The van der Waals surface area contributed by atoms with Gasteiger partial charge in [0.2, 0.25) is 5.91 Å². The van der Waals surface area contributed by atoms with Crippen LogP contribution in [-0.2, 0) is 4.79 Å². The molecule has 6 heteroatoms. The first-order valence-corrected chi connectivity index (χ1v) is 8.69. The number of benzene rings is 1. The molecular weight excluding hydrogens is 314 g/mol. The SMILES string of the molecule is O=C(C1CCCC1)N1CCN(C[C@H](O)c2cc(F)ccc2F)CC1. The van der Waals surface area contributed by atoms with E-state index in [0.717, 1.165) is 43.9 Å². The van der Waals surface area contributed by atoms with Crippen molar-refractivity contribution in [1.82, 2.24) is 9.80 Å². The molecule has 1 aromatic rings. The van der Waals surface area contributed by atoms with Crippen LogP contribution < -0.4 is 0 Å². The summed E-state index contributed by atoms with van der Waals surface area (Å²) in [6, 6.07) is 3.12. The lowest BCUT2D eigenvalue weighted by atomic mass is 10.1. The molecule has 0 spiro atoms. The van der Waals surface area contributed by atoms with Gasteiger partial charge in [-0.2, -0.15) is 0 Å². The molecule has 1 heterocycles. The predicted octanol–water partition coefficient (Wildman–Crippen LogP) is 2.33. The number of carbonyl (C=O) groups is 1. The largest absolute Gasteiger partial charge is 0.387 e. The molecule has 2 fully saturated rings. The van der Waals surface area contributed by atoms with Gasteiger partial charge < -0.3 is 10.0 Å². The van der Waals surface area contributed by atoms with E-state index in [1.54, 1.807) is 0 Å². The molecule has 1 aromatic carbocycles. The van der Waals surface area contributed by atoms with Crippen molar-refractivity contribution in [1.29, 1.82) is 0 Å². The fraction of sp³-hybridized carbons (Fsp3) is 0.611. The molecule has 0 aromatic heterocycles. The van der Waals surface area contributed by atoms with Gasteiger partial charge in [-0.25, -0.2) is 8.78 Å². The fourth-order valence-corrected chi connectivity index (χ4v) is 3.69. The normalized spacial score (nSPS) is 21.2. The molecule has 3 rings (SSSR count). The van der Waals surface area contributed by atoms with Crippen LogP contribution in [0.3, 0.4) is 0 Å². The third-order valence-electron chi connectivity index (χ3n) is 5.14. The molecule has 2 aliphatic rings. The topological polar surface area (TPSA) is 43.8 Å². The summed E-state index contributed by atoms with van der Waals surface area (Å²) < 4.78 is 27.0. The molecule has 0 unspecified atom stereocenters. The van der Waals surface area contributed by atoms with Crippen LogP contribution in [0.25, 0.3) is 0 Å². The Morgan fingerprint density at radius 3 is 2.50 bits per heavy atom. The van der Waals surface area contributed by atoms with Crippen LogP contribution in [-0.4, -0.2) is 53.5 Å². The maximum Gasteiger partial charge on any atom is 0.225 e. The summed E-state index contributed by atoms with van der Waals surface area (Å²) in [5, 5.41) is 10.2. The number of β-amino-alcohol motifs (C(OH)–C–C–N with tert-alkyl or cyclic N) is 1. The van der Waals surface area contributed by atoms with Crippen LogP contribution in [0.1, 0.15) is 37.4 Å². The van der Waals surface area contributed by atoms with Gasteiger partial charge in [0.25, 0.3) is 0 Å². The number of hydrogen-bond donors (Lipinski definition) is 1. The average molecular weight is 338 g/mol. The first kappa shape index (κ1) is 17.3. The summed E-state index contributed by atoms with van der Waals surface area (Å²) in [6.45, 7) is 2.80. The average Bonchev–Trinajstić information content (AvgIpc) is 3.11. The van der Waals surface area contributed by atoms with Crippen molar-refractivity contribution >= 4 is 5.91 Å². The van der Waals surface area contributed by atoms with E-state index >= 15 is 0 Å². The predicted molar refractivity (Wildman–Crippen MR) is 86.3 cm³/mol. The number of piperazine rings is 1. The van der Waals surface area contributed by atoms with E-state index in [9.17, 15) is 18.7 Å². The van der Waals surface area contributed by atoms with Gasteiger partial charge >= 0.3 is 0 Å². The lowest BCUT2D eigenvalue weighted by Gasteiger charge is -2.36. The molecule has 1 aliphatic heterocycles. The van der Waals surface area contributed by atoms with Gasteiger partial charge in [0.1, 0.15) is 11.6 Å². The van der Waals surface area contributed by atoms with Crippen molar-refractivity contribution in [2.24, 2.45) is 5.92 Å². The molecule has 1 amide bonds. The van der Waals surface area contributed by atoms with Crippen LogP contribution in [0.2, 0.25) is 0 Å². The number of halogens is 2. The zero-order valence-electron chi connectivity index (χ0n) is 13.8. The highest BCUT2D eigenvalue weighted by Gasteiger charge is 2.30. The minimum Gasteiger partial charge on any atom is -0.387 e. The second kappa shape index (κ2) is 7.57. The van der Waals surface area contributed by atoms with Crippen molar-refractivity contribution in [3.05, 3.63) is 35.4 Å². The Bertz CT molecular complexity index is 582. The summed E-state index contributed by atoms with van der Waals surface area (Å²) >= 11 is 0. The Balaban J connectivity index is 1.51. The molecule has 1 saturated heterocycles. The van der Waals surface area contributed by atoms with Crippen LogP contribution in [0.4, 0.5) is 8.78 Å². The summed E-state index contributed by atoms with van der Waals surface area (Å²) in [5.74, 6) is -0.719. The minimum atomic E-state index is -1.07. The van der Waals surface area contributed by atoms with E-state index in [2.05, 4.69) is 0 Å². The van der Waals surface area contributed by atoms with E-state index in [4.69, 9.17) is 0 Å². The summed E-state index contributed by atoms with van der Waals surface area (Å²) in [5.41, 5.74) is -0.0144. The van der Waals surface area contributed by atoms with Gasteiger partial charge in [-0.3, -0.25) is 9.69 Å². The molecule has 1 saturated carbocycles. The Morgan fingerprint density at radius 2 is 1.83 bits per heavy atom. The third kappa shape index (κ3) is 3.92. The van der Waals surface area contributed by atoms with E-state index in [0.29, 0.717) is 26.2 Å². The first-order chi connectivity index (χ1) is 11.5. The molecule has 132 valence electrons. The highest BCUT2D eigenvalue weighted by Crippen LogP contribution is 2.27. The Kier molecular flexibility index (Phi) is 5.46. The first-order valence-electron chi connectivity index (χ1n) is 8.69. The van der Waals surface area contributed by atoms with E-state index in [1.807, 2.05) is 9.80 Å². The Labute approximate surface area is 141 Å². The van der Waals surface area contributed by atoms with Gasteiger partial charge in [-0.05, 0) is 31.0 Å². The number of aliphatic hydroxyl groups is 1. The van der Waals surface area contributed by atoms with Crippen molar-refractivity contribution in [3.63, 3.8) is 0 Å². The van der Waals surface area contributed by atoms with Crippen molar-refractivity contribution in [2.75, 3.05) is 32.7 Å². The lowest BCUT2D eigenvalue weighted by molar-refractivity contribution is -0.137. The quantitative estimate of drug-likeness (QED) is 0.916. The number of hydrogen-bond acceptors (Lipinski definition) is 3. The van der Waals surface area contributed by atoms with Gasteiger partial charge in [-0.15, -0.1) is 0 Å². The van der Waals surface area contributed by atoms with E-state index < -0.39 is 17.7 Å². The molecular formula is C18H24F2N2O2. The van der Waals surface area contributed by atoms with Crippen LogP contribution in [0, 0.1) is 17.6 Å². The van der Waals surface area contributed by atoms with Crippen molar-refractivity contribution in [2.45, 2.75) is 31.8 Å². The van der Waals surface area contributed by atoms with Gasteiger partial charge in [0.05, 0.1) is 6.10 Å². The van der Waals surface area contributed by atoms with Gasteiger partial charge in [0, 0.05) is 44.2 Å². The molecule has 1 aliphatic carbocycles. The lowest BCUT2D eigenvalue weighted by Crippen LogP contribution is -2.50. The fourth-order valence-electron chi connectivity index (χ4n) is 3.69. The number of carbonyl (C=O) groups excluding carboxylic acids is 1. The Morgan fingerprint density at radius 1 is 1.17 bits per heavy atom. The van der Waals surface area contributed by atoms with Crippen LogP contribution in [0.15, 0.2) is 18.2 Å². The molecule has 1 atom stereocenters. The number of rotatable bonds is 4. The monoisotopic (exact) mass is 338 g/mol. The zero-order valence-corrected chi connectivity index (χ0v) is 13.8. The molecule has 0 bridgehead atoms. The molecule has 4 nitrogen and oxygen atoms in total. The highest BCUT2D eigenvalue weighted by atomic mass is 19.1. The van der Waals surface area contributed by atoms with Crippen molar-refractivity contribution < 1.29 is 18.7 Å². The zero-order chi connectivity index (χ0) is 17.1. The molecule has 1 N–H and O–H groups in total. The van der Waals surface area contributed by atoms with Gasteiger partial charge in [-0.1, -0.05) is 12.8 Å². The van der Waals surface area contributed by atoms with Gasteiger partial charge in [0.15, 0.2) is 0 Å². The summed E-state index contributed by atoms with van der Waals surface area (Å²) in [7, 11) is 0. The Hall–Kier alpha value is -1.53. The summed E-state index contributed by atoms with van der Waals surface area (Å²) in [4.78, 5) is 16.3. The summed E-state index contributed by atoms with van der Waals surface area (Å²) in [6.07, 6.45) is 3.20. The maximum atomic E-state index is 13.7. The number of amides is 1.